The molecule has 0 radical (unpaired) electrons. The summed E-state index contributed by atoms with van der Waals surface area (Å²) in [6.45, 7) is 5.73. The lowest BCUT2D eigenvalue weighted by Gasteiger charge is -2.08. The van der Waals surface area contributed by atoms with Gasteiger partial charge in [0.25, 0.3) is 5.91 Å². The topological polar surface area (TPSA) is 81.2 Å². The number of aromatic nitrogens is 2. The summed E-state index contributed by atoms with van der Waals surface area (Å²) < 4.78 is 11.0. The van der Waals surface area contributed by atoms with Crippen molar-refractivity contribution in [2.45, 2.75) is 38.5 Å². The van der Waals surface area contributed by atoms with Gasteiger partial charge in [-0.2, -0.15) is 11.8 Å². The lowest BCUT2D eigenvalue weighted by molar-refractivity contribution is 0.0904. The average molecular weight is 309 g/mol. The zero-order valence-electron chi connectivity index (χ0n) is 12.5. The molecule has 2 aromatic heterocycles. The van der Waals surface area contributed by atoms with E-state index >= 15 is 0 Å². The van der Waals surface area contributed by atoms with Crippen LogP contribution in [0.25, 0.3) is 0 Å². The molecule has 2 rings (SSSR count). The van der Waals surface area contributed by atoms with E-state index in [1.54, 1.807) is 30.8 Å². The van der Waals surface area contributed by atoms with Crippen LogP contribution in [0.3, 0.4) is 0 Å². The molecule has 0 spiro atoms. The molecule has 6 nitrogen and oxygen atoms in total. The summed E-state index contributed by atoms with van der Waals surface area (Å²) in [6.07, 6.45) is 1.98. The second kappa shape index (κ2) is 6.80. The van der Waals surface area contributed by atoms with E-state index < -0.39 is 0 Å². The van der Waals surface area contributed by atoms with Crippen LogP contribution < -0.4 is 5.32 Å². The quantitative estimate of drug-likeness (QED) is 0.883. The van der Waals surface area contributed by atoms with E-state index in [0.717, 1.165) is 11.5 Å². The Bertz CT molecular complexity index is 606. The fraction of sp³-hybridized carbons (Fsp3) is 0.500. The van der Waals surface area contributed by atoms with Gasteiger partial charge in [0.15, 0.2) is 5.76 Å². The van der Waals surface area contributed by atoms with E-state index in [2.05, 4.69) is 15.5 Å². The predicted octanol–water partition coefficient (Wildman–Crippen LogP) is 3.14. The zero-order chi connectivity index (χ0) is 15.4. The monoisotopic (exact) mass is 309 g/mol. The highest BCUT2D eigenvalue weighted by atomic mass is 32.2. The molecule has 0 aliphatic heterocycles. The van der Waals surface area contributed by atoms with Crippen LogP contribution in [0.5, 0.6) is 0 Å². The molecule has 0 saturated heterocycles. The van der Waals surface area contributed by atoms with Crippen molar-refractivity contribution >= 4 is 17.7 Å². The standard InChI is InChI=1S/C14H19N3O3S/c1-8(2)13-16-17-14(20-13)9(3)15-12(18)11-6-5-10(19-11)7-21-4/h5-6,8-9H,7H2,1-4H3,(H,15,18)/t9-/m0/s1. The first-order valence-corrected chi connectivity index (χ1v) is 8.12. The molecule has 0 aliphatic carbocycles. The van der Waals surface area contributed by atoms with E-state index in [9.17, 15) is 4.79 Å². The molecule has 7 heteroatoms. The smallest absolute Gasteiger partial charge is 0.287 e. The van der Waals surface area contributed by atoms with Gasteiger partial charge in [-0.25, -0.2) is 0 Å². The summed E-state index contributed by atoms with van der Waals surface area (Å²) in [4.78, 5) is 12.1. The van der Waals surface area contributed by atoms with E-state index in [4.69, 9.17) is 8.83 Å². The van der Waals surface area contributed by atoms with Gasteiger partial charge in [0.1, 0.15) is 11.8 Å². The fourth-order valence-corrected chi connectivity index (χ4v) is 2.14. The lowest BCUT2D eigenvalue weighted by Crippen LogP contribution is -2.26. The molecule has 21 heavy (non-hydrogen) atoms. The van der Waals surface area contributed by atoms with Crippen molar-refractivity contribution in [3.63, 3.8) is 0 Å². The highest BCUT2D eigenvalue weighted by Gasteiger charge is 2.20. The number of nitrogens with one attached hydrogen (secondary N) is 1. The Balaban J connectivity index is 2.00. The Kier molecular flexibility index (Phi) is 5.06. The second-order valence-corrected chi connectivity index (χ2v) is 5.89. The average Bonchev–Trinajstić information content (AvgIpc) is 3.07. The largest absolute Gasteiger partial charge is 0.455 e. The normalized spacial score (nSPS) is 12.6. The Hall–Kier alpha value is -1.76. The summed E-state index contributed by atoms with van der Waals surface area (Å²) in [7, 11) is 0. The third-order valence-electron chi connectivity index (χ3n) is 2.84. The minimum absolute atomic E-state index is 0.160. The van der Waals surface area contributed by atoms with Crippen LogP contribution in [0.4, 0.5) is 0 Å². The SMILES string of the molecule is CSCc1ccc(C(=O)N[C@@H](C)c2nnc(C(C)C)o2)o1. The maximum Gasteiger partial charge on any atom is 0.287 e. The summed E-state index contributed by atoms with van der Waals surface area (Å²) in [5, 5.41) is 10.7. The number of carbonyl (C=O) groups is 1. The van der Waals surface area contributed by atoms with Crippen LogP contribution in [0.15, 0.2) is 21.0 Å². The summed E-state index contributed by atoms with van der Waals surface area (Å²) in [6, 6.07) is 3.10. The number of rotatable bonds is 6. The number of hydrogen-bond acceptors (Lipinski definition) is 6. The first kappa shape index (κ1) is 15.6. The number of hydrogen-bond donors (Lipinski definition) is 1. The number of amides is 1. The third-order valence-corrected chi connectivity index (χ3v) is 3.41. The number of furan rings is 1. The summed E-state index contributed by atoms with van der Waals surface area (Å²) in [5.41, 5.74) is 0. The zero-order valence-corrected chi connectivity index (χ0v) is 13.4. The minimum atomic E-state index is -0.369. The van der Waals surface area contributed by atoms with Crippen LogP contribution in [-0.4, -0.2) is 22.4 Å². The maximum atomic E-state index is 12.1. The predicted molar refractivity (Wildman–Crippen MR) is 80.2 cm³/mol. The molecule has 1 atom stereocenters. The third kappa shape index (κ3) is 3.87. The van der Waals surface area contributed by atoms with Crippen LogP contribution in [0.1, 0.15) is 60.8 Å². The molecule has 0 unspecified atom stereocenters. The molecular formula is C14H19N3O3S. The van der Waals surface area contributed by atoms with Gasteiger partial charge in [0.2, 0.25) is 11.8 Å². The Morgan fingerprint density at radius 1 is 1.24 bits per heavy atom. The molecular weight excluding hydrogens is 290 g/mol. The van der Waals surface area contributed by atoms with Crippen LogP contribution >= 0.6 is 11.8 Å². The molecule has 0 aromatic carbocycles. The van der Waals surface area contributed by atoms with Gasteiger partial charge in [-0.05, 0) is 25.3 Å². The van der Waals surface area contributed by atoms with Crippen molar-refractivity contribution in [3.05, 3.63) is 35.4 Å². The second-order valence-electron chi connectivity index (χ2n) is 5.03. The van der Waals surface area contributed by atoms with Gasteiger partial charge in [-0.3, -0.25) is 4.79 Å². The van der Waals surface area contributed by atoms with Gasteiger partial charge in [0, 0.05) is 5.92 Å². The molecule has 1 amide bonds. The van der Waals surface area contributed by atoms with Crippen LogP contribution in [-0.2, 0) is 5.75 Å². The maximum absolute atomic E-state index is 12.1. The van der Waals surface area contributed by atoms with Gasteiger partial charge < -0.3 is 14.2 Å². The first-order valence-electron chi connectivity index (χ1n) is 6.73. The van der Waals surface area contributed by atoms with Gasteiger partial charge in [-0.15, -0.1) is 10.2 Å². The Labute approximate surface area is 127 Å². The van der Waals surface area contributed by atoms with E-state index in [0.29, 0.717) is 11.8 Å². The van der Waals surface area contributed by atoms with Crippen molar-refractivity contribution in [3.8, 4) is 0 Å². The molecule has 114 valence electrons. The molecule has 1 N–H and O–H groups in total. The van der Waals surface area contributed by atoms with Gasteiger partial charge in [-0.1, -0.05) is 13.8 Å². The summed E-state index contributed by atoms with van der Waals surface area (Å²) in [5.74, 6) is 2.63. The van der Waals surface area contributed by atoms with Gasteiger partial charge in [0.05, 0.1) is 5.75 Å². The molecule has 0 fully saturated rings. The fourth-order valence-electron chi connectivity index (χ4n) is 1.70. The van der Waals surface area contributed by atoms with E-state index in [-0.39, 0.29) is 23.6 Å². The Morgan fingerprint density at radius 3 is 2.57 bits per heavy atom. The van der Waals surface area contributed by atoms with Crippen molar-refractivity contribution in [2.24, 2.45) is 0 Å². The highest BCUT2D eigenvalue weighted by Crippen LogP contribution is 2.18. The number of thioether (sulfide) groups is 1. The van der Waals surface area contributed by atoms with Crippen LogP contribution in [0, 0.1) is 0 Å². The van der Waals surface area contributed by atoms with Crippen molar-refractivity contribution in [2.75, 3.05) is 6.26 Å². The van der Waals surface area contributed by atoms with Crippen molar-refractivity contribution in [1.29, 1.82) is 0 Å². The minimum Gasteiger partial charge on any atom is -0.455 e. The number of carbonyl (C=O) groups excluding carboxylic acids is 1. The summed E-state index contributed by atoms with van der Waals surface area (Å²) >= 11 is 1.64. The lowest BCUT2D eigenvalue weighted by atomic mass is 10.2. The molecule has 0 aliphatic rings. The molecule has 0 bridgehead atoms. The molecule has 2 heterocycles. The first-order chi connectivity index (χ1) is 10.0. The number of nitrogens with zero attached hydrogens (tertiary/aromatic N) is 2. The van der Waals surface area contributed by atoms with Crippen molar-refractivity contribution in [1.82, 2.24) is 15.5 Å². The van der Waals surface area contributed by atoms with E-state index in [1.807, 2.05) is 20.1 Å². The molecule has 2 aromatic rings. The van der Waals surface area contributed by atoms with E-state index in [1.165, 1.54) is 0 Å². The highest BCUT2D eigenvalue weighted by molar-refractivity contribution is 7.97. The van der Waals surface area contributed by atoms with Crippen molar-refractivity contribution < 1.29 is 13.6 Å². The Morgan fingerprint density at radius 2 is 1.95 bits per heavy atom. The van der Waals surface area contributed by atoms with Gasteiger partial charge >= 0.3 is 0 Å². The van der Waals surface area contributed by atoms with Crippen LogP contribution in [0.2, 0.25) is 0 Å². The molecule has 0 saturated carbocycles.